The second-order valence-corrected chi connectivity index (χ2v) is 12.6. The number of carbonyl (C=O) groups is 1. The maximum absolute atomic E-state index is 14.3. The number of fused-ring (bicyclic) bond motifs is 1. The van der Waals surface area contributed by atoms with Crippen molar-refractivity contribution in [3.63, 3.8) is 0 Å². The minimum absolute atomic E-state index is 0.0201. The Morgan fingerprint density at radius 3 is 2.56 bits per heavy atom. The smallest absolute Gasteiger partial charge is 0.338 e. The Kier molecular flexibility index (Phi) is 9.82. The van der Waals surface area contributed by atoms with Gasteiger partial charge < -0.3 is 14.2 Å². The van der Waals surface area contributed by atoms with Gasteiger partial charge in [0.15, 0.2) is 4.80 Å². The molecule has 7 nitrogen and oxygen atoms in total. The maximum Gasteiger partial charge on any atom is 0.338 e. The molecular weight excluding hydrogens is 750 g/mol. The first-order valence-corrected chi connectivity index (χ1v) is 16.2. The summed E-state index contributed by atoms with van der Waals surface area (Å²) in [7, 11) is 0. The van der Waals surface area contributed by atoms with Crippen molar-refractivity contribution in [3.05, 3.63) is 122 Å². The average Bonchev–Trinajstić information content (AvgIpc) is 3.27. The van der Waals surface area contributed by atoms with Gasteiger partial charge in [0.05, 0.1) is 38.6 Å². The van der Waals surface area contributed by atoms with Crippen LogP contribution in [0, 0.1) is 9.39 Å². The number of hydrogen-bond donors (Lipinski definition) is 0. The van der Waals surface area contributed by atoms with Crippen LogP contribution >= 0.6 is 49.9 Å². The summed E-state index contributed by atoms with van der Waals surface area (Å²) < 4.78 is 34.9. The van der Waals surface area contributed by atoms with Crippen molar-refractivity contribution in [2.45, 2.75) is 33.4 Å². The average molecular weight is 777 g/mol. The van der Waals surface area contributed by atoms with Gasteiger partial charge in [-0.25, -0.2) is 14.2 Å². The molecule has 0 saturated carbocycles. The summed E-state index contributed by atoms with van der Waals surface area (Å²) in [6, 6.07) is 16.7. The van der Waals surface area contributed by atoms with E-state index in [1.807, 2.05) is 43.3 Å². The third kappa shape index (κ3) is 6.63. The number of hydrogen-bond acceptors (Lipinski definition) is 7. The molecule has 43 heavy (non-hydrogen) atoms. The van der Waals surface area contributed by atoms with E-state index in [1.165, 1.54) is 22.0 Å². The van der Waals surface area contributed by atoms with E-state index in [0.717, 1.165) is 13.6 Å². The lowest BCUT2D eigenvalue weighted by Crippen LogP contribution is -2.39. The van der Waals surface area contributed by atoms with Crippen molar-refractivity contribution in [3.8, 4) is 11.5 Å². The van der Waals surface area contributed by atoms with Gasteiger partial charge >= 0.3 is 5.97 Å². The van der Waals surface area contributed by atoms with E-state index < -0.39 is 12.0 Å². The number of allylic oxidation sites excluding steroid dienone is 1. The summed E-state index contributed by atoms with van der Waals surface area (Å²) in [6.45, 7) is 6.11. The van der Waals surface area contributed by atoms with Crippen molar-refractivity contribution >= 4 is 61.9 Å². The van der Waals surface area contributed by atoms with E-state index in [4.69, 9.17) is 14.2 Å². The fraction of sp³-hybridized carbons (Fsp3) is 0.219. The van der Waals surface area contributed by atoms with Gasteiger partial charge in [-0.2, -0.15) is 0 Å². The molecule has 1 atom stereocenters. The van der Waals surface area contributed by atoms with Crippen molar-refractivity contribution in [2.24, 2.45) is 4.99 Å². The molecule has 4 aromatic rings. The number of thiazole rings is 1. The van der Waals surface area contributed by atoms with E-state index in [0.29, 0.717) is 49.8 Å². The van der Waals surface area contributed by atoms with Crippen molar-refractivity contribution < 1.29 is 23.4 Å². The highest BCUT2D eigenvalue weighted by Gasteiger charge is 2.33. The van der Waals surface area contributed by atoms with Crippen LogP contribution in [0.3, 0.4) is 0 Å². The Labute approximate surface area is 273 Å². The minimum atomic E-state index is -0.743. The highest BCUT2D eigenvalue weighted by atomic mass is 127. The molecule has 0 amide bonds. The van der Waals surface area contributed by atoms with E-state index in [2.05, 4.69) is 43.5 Å². The molecule has 0 bridgehead atoms. The van der Waals surface area contributed by atoms with Crippen molar-refractivity contribution in [1.29, 1.82) is 0 Å². The van der Waals surface area contributed by atoms with Crippen LogP contribution in [0.25, 0.3) is 6.08 Å². The largest absolute Gasteiger partial charge is 0.494 e. The van der Waals surface area contributed by atoms with Gasteiger partial charge in [-0.1, -0.05) is 57.6 Å². The van der Waals surface area contributed by atoms with Gasteiger partial charge in [0.2, 0.25) is 0 Å². The topological polar surface area (TPSA) is 79.1 Å². The van der Waals surface area contributed by atoms with Crippen LogP contribution in [-0.4, -0.2) is 23.8 Å². The molecule has 0 spiro atoms. The van der Waals surface area contributed by atoms with E-state index in [-0.39, 0.29) is 24.6 Å². The molecule has 0 saturated heterocycles. The summed E-state index contributed by atoms with van der Waals surface area (Å²) in [6.07, 6.45) is 1.74. The molecule has 3 aromatic carbocycles. The number of nitrogens with zero attached hydrogens (tertiary/aromatic N) is 2. The lowest BCUT2D eigenvalue weighted by molar-refractivity contribution is -0.139. The van der Waals surface area contributed by atoms with Crippen LogP contribution in [-0.2, 0) is 16.1 Å². The normalized spacial score (nSPS) is 14.7. The number of halogens is 3. The number of rotatable bonds is 9. The first-order valence-electron chi connectivity index (χ1n) is 13.5. The second-order valence-electron chi connectivity index (χ2n) is 9.49. The second kappa shape index (κ2) is 13.6. The highest BCUT2D eigenvalue weighted by Crippen LogP contribution is 2.33. The zero-order valence-electron chi connectivity index (χ0n) is 23.5. The van der Waals surface area contributed by atoms with Crippen molar-refractivity contribution in [1.82, 2.24) is 4.57 Å². The standard InChI is InChI=1S/C32H27BrFIN2O5S/c1-4-40-23-12-10-19(11-13-23)28-27(31(39)41-5-2)18(3)36-32-37(28)30(38)26(43-32)15-21-14-22(33)16-25(35)29(21)42-17-20-8-6-7-9-24(20)34/h6-16,28H,4-5,17H2,1-3H3/b26-15-/t28-/m1/s1. The molecule has 1 aromatic heterocycles. The molecule has 0 N–H and O–H groups in total. The molecule has 0 aliphatic carbocycles. The first-order chi connectivity index (χ1) is 20.7. The zero-order valence-corrected chi connectivity index (χ0v) is 28.1. The lowest BCUT2D eigenvalue weighted by Gasteiger charge is -2.24. The molecule has 2 heterocycles. The molecule has 0 fully saturated rings. The fourth-order valence-corrected chi connectivity index (χ4v) is 7.51. The van der Waals surface area contributed by atoms with Crippen LogP contribution in [0.1, 0.15) is 43.5 Å². The third-order valence-corrected chi connectivity index (χ3v) is 8.92. The van der Waals surface area contributed by atoms with Gasteiger partial charge in [0, 0.05) is 15.6 Å². The quantitative estimate of drug-likeness (QED) is 0.148. The molecule has 1 aliphatic heterocycles. The SMILES string of the molecule is CCOC(=O)C1=C(C)N=c2s/c(=C\c3cc(Br)cc(I)c3OCc3ccccc3F)c(=O)n2[C@@H]1c1ccc(OCC)cc1. The van der Waals surface area contributed by atoms with Crippen molar-refractivity contribution in [2.75, 3.05) is 13.2 Å². The van der Waals surface area contributed by atoms with Gasteiger partial charge in [0.1, 0.15) is 23.9 Å². The van der Waals surface area contributed by atoms with Crippen LogP contribution in [0.5, 0.6) is 11.5 Å². The number of carbonyl (C=O) groups excluding carboxylic acids is 1. The Hall–Kier alpha value is -3.29. The summed E-state index contributed by atoms with van der Waals surface area (Å²) >= 11 is 6.91. The van der Waals surface area contributed by atoms with Crippen LogP contribution in [0.15, 0.2) is 86.2 Å². The predicted octanol–water partition coefficient (Wildman–Crippen LogP) is 6.28. The Morgan fingerprint density at radius 2 is 1.86 bits per heavy atom. The van der Waals surface area contributed by atoms with E-state index in [1.54, 1.807) is 38.1 Å². The van der Waals surface area contributed by atoms with Crippen LogP contribution in [0.2, 0.25) is 0 Å². The summed E-state index contributed by atoms with van der Waals surface area (Å²) in [4.78, 5) is 32.4. The number of ether oxygens (including phenoxy) is 3. The molecule has 0 radical (unpaired) electrons. The fourth-order valence-electron chi connectivity index (χ4n) is 4.77. The zero-order chi connectivity index (χ0) is 30.7. The lowest BCUT2D eigenvalue weighted by atomic mass is 9.96. The molecule has 1 aliphatic rings. The molecule has 222 valence electrons. The van der Waals surface area contributed by atoms with Gasteiger partial charge in [0.25, 0.3) is 5.56 Å². The highest BCUT2D eigenvalue weighted by molar-refractivity contribution is 14.1. The van der Waals surface area contributed by atoms with Crippen LogP contribution in [0.4, 0.5) is 4.39 Å². The summed E-state index contributed by atoms with van der Waals surface area (Å²) in [5.41, 5.74) is 2.25. The first kappa shape index (κ1) is 31.1. The maximum atomic E-state index is 14.3. The molecule has 11 heteroatoms. The van der Waals surface area contributed by atoms with Crippen LogP contribution < -0.4 is 24.4 Å². The Balaban J connectivity index is 1.64. The number of benzene rings is 3. The predicted molar refractivity (Wildman–Crippen MR) is 176 cm³/mol. The molecule has 0 unspecified atom stereocenters. The monoisotopic (exact) mass is 776 g/mol. The number of aromatic nitrogens is 1. The molecular formula is C32H27BrFIN2O5S. The Bertz CT molecular complexity index is 1900. The summed E-state index contributed by atoms with van der Waals surface area (Å²) in [5, 5.41) is 0. The summed E-state index contributed by atoms with van der Waals surface area (Å²) in [5.74, 6) is 0.322. The van der Waals surface area contributed by atoms with E-state index in [9.17, 15) is 14.0 Å². The van der Waals surface area contributed by atoms with Gasteiger partial charge in [-0.05, 0) is 85.3 Å². The number of esters is 1. The van der Waals surface area contributed by atoms with Gasteiger partial charge in [-0.3, -0.25) is 9.36 Å². The molecule has 5 rings (SSSR count). The van der Waals surface area contributed by atoms with Gasteiger partial charge in [-0.15, -0.1) is 0 Å². The van der Waals surface area contributed by atoms with E-state index >= 15 is 0 Å². The minimum Gasteiger partial charge on any atom is -0.494 e. The third-order valence-electron chi connectivity index (χ3n) is 6.68. The Morgan fingerprint density at radius 1 is 1.12 bits per heavy atom.